The van der Waals surface area contributed by atoms with Crippen molar-refractivity contribution < 1.29 is 9.53 Å². The molecule has 1 aromatic carbocycles. The second kappa shape index (κ2) is 9.14. The Hall–Kier alpha value is -1.25. The molecule has 0 aliphatic heterocycles. The van der Waals surface area contributed by atoms with Crippen LogP contribution in [-0.4, -0.2) is 34.2 Å². The number of carbonyl (C=O) groups excluding carboxylic acids is 1. The molecule has 23 heavy (non-hydrogen) atoms. The number of hydrogen-bond acceptors (Lipinski definition) is 7. The molecule has 2 aromatic rings. The molecule has 0 spiro atoms. The number of hydrogen-bond donors (Lipinski definition) is 1. The molecule has 0 aliphatic carbocycles. The fraction of sp³-hybridized carbons (Fsp3) is 0.400. The quantitative estimate of drug-likeness (QED) is 0.705. The number of carbonyl (C=O) groups is 1. The summed E-state index contributed by atoms with van der Waals surface area (Å²) in [5.74, 6) is 1.74. The molecule has 1 N–H and O–H groups in total. The Bertz CT molecular complexity index is 631. The van der Waals surface area contributed by atoms with Gasteiger partial charge in [0, 0.05) is 11.4 Å². The van der Waals surface area contributed by atoms with Crippen LogP contribution in [0.3, 0.4) is 0 Å². The lowest BCUT2D eigenvalue weighted by molar-refractivity contribution is -0.115. The number of methoxy groups -OCH3 is 1. The average molecular weight is 370 g/mol. The standard InChI is InChI=1S/C15H19N3O2S3/c1-4-9-21-14-17-18-15(23-14)22-10(2)13(19)16-11-5-7-12(20-3)8-6-11/h5-8,10H,4,9H2,1-3H3,(H,16,19)/t10-/m1/s1. The highest BCUT2D eigenvalue weighted by Gasteiger charge is 2.17. The Morgan fingerprint density at radius 2 is 2.00 bits per heavy atom. The predicted octanol–water partition coefficient (Wildman–Crippen LogP) is 4.17. The average Bonchev–Trinajstić information content (AvgIpc) is 3.01. The summed E-state index contributed by atoms with van der Waals surface area (Å²) in [6.45, 7) is 4.00. The van der Waals surface area contributed by atoms with Crippen molar-refractivity contribution in [2.75, 3.05) is 18.2 Å². The van der Waals surface area contributed by atoms with Gasteiger partial charge in [-0.05, 0) is 37.6 Å². The molecule has 1 atom stereocenters. The van der Waals surface area contributed by atoms with E-state index in [-0.39, 0.29) is 11.2 Å². The maximum Gasteiger partial charge on any atom is 0.237 e. The van der Waals surface area contributed by atoms with Crippen LogP contribution in [0.2, 0.25) is 0 Å². The van der Waals surface area contributed by atoms with Crippen LogP contribution in [0.25, 0.3) is 0 Å². The lowest BCUT2D eigenvalue weighted by Gasteiger charge is -2.10. The number of amides is 1. The second-order valence-electron chi connectivity index (χ2n) is 4.66. The number of nitrogens with one attached hydrogen (secondary N) is 1. The Labute approximate surface area is 148 Å². The van der Waals surface area contributed by atoms with E-state index in [4.69, 9.17) is 4.74 Å². The van der Waals surface area contributed by atoms with Gasteiger partial charge in [-0.25, -0.2) is 0 Å². The summed E-state index contributed by atoms with van der Waals surface area (Å²) in [5.41, 5.74) is 0.750. The molecule has 0 unspecified atom stereocenters. The predicted molar refractivity (Wildman–Crippen MR) is 97.9 cm³/mol. The van der Waals surface area contributed by atoms with Crippen LogP contribution in [0.1, 0.15) is 20.3 Å². The van der Waals surface area contributed by atoms with Gasteiger partial charge < -0.3 is 10.1 Å². The minimum absolute atomic E-state index is 0.0573. The monoisotopic (exact) mass is 369 g/mol. The number of rotatable bonds is 8. The Morgan fingerprint density at radius 1 is 1.30 bits per heavy atom. The van der Waals surface area contributed by atoms with Crippen LogP contribution < -0.4 is 10.1 Å². The molecule has 2 rings (SSSR count). The first-order valence-electron chi connectivity index (χ1n) is 7.20. The molecule has 1 amide bonds. The summed E-state index contributed by atoms with van der Waals surface area (Å²) in [7, 11) is 1.61. The third-order valence-corrected chi connectivity index (χ3v) is 6.27. The largest absolute Gasteiger partial charge is 0.497 e. The van der Waals surface area contributed by atoms with Crippen molar-refractivity contribution in [1.82, 2.24) is 10.2 Å². The maximum atomic E-state index is 12.2. The molecule has 0 fully saturated rings. The van der Waals surface area contributed by atoms with Crippen LogP contribution in [0.5, 0.6) is 5.75 Å². The van der Waals surface area contributed by atoms with Crippen LogP contribution in [0.4, 0.5) is 5.69 Å². The maximum absolute atomic E-state index is 12.2. The summed E-state index contributed by atoms with van der Waals surface area (Å²) in [6.07, 6.45) is 1.10. The second-order valence-corrected chi connectivity index (χ2v) is 8.57. The molecular formula is C15H19N3O2S3. The van der Waals surface area contributed by atoms with E-state index in [1.165, 1.54) is 23.1 Å². The Kier molecular flexibility index (Phi) is 7.19. The minimum Gasteiger partial charge on any atom is -0.497 e. The molecule has 0 saturated heterocycles. The van der Waals surface area contributed by atoms with Crippen LogP contribution in [0, 0.1) is 0 Å². The number of thioether (sulfide) groups is 2. The van der Waals surface area contributed by atoms with Crippen molar-refractivity contribution in [3.63, 3.8) is 0 Å². The Morgan fingerprint density at radius 3 is 2.65 bits per heavy atom. The van der Waals surface area contributed by atoms with Crippen molar-refractivity contribution in [3.05, 3.63) is 24.3 Å². The highest BCUT2D eigenvalue weighted by Crippen LogP contribution is 2.31. The van der Waals surface area contributed by atoms with Gasteiger partial charge in [0.1, 0.15) is 5.75 Å². The fourth-order valence-corrected chi connectivity index (χ4v) is 4.70. The van der Waals surface area contributed by atoms with Gasteiger partial charge in [0.15, 0.2) is 8.68 Å². The van der Waals surface area contributed by atoms with Crippen molar-refractivity contribution in [1.29, 1.82) is 0 Å². The fourth-order valence-electron chi connectivity index (χ4n) is 1.62. The van der Waals surface area contributed by atoms with Crippen molar-refractivity contribution in [2.45, 2.75) is 34.2 Å². The van der Waals surface area contributed by atoms with Gasteiger partial charge in [-0.2, -0.15) is 0 Å². The SMILES string of the molecule is CCCSc1nnc(S[C@H](C)C(=O)Nc2ccc(OC)cc2)s1. The van der Waals surface area contributed by atoms with E-state index in [1.807, 2.05) is 31.2 Å². The third-order valence-electron chi connectivity index (χ3n) is 2.82. The van der Waals surface area contributed by atoms with Crippen molar-refractivity contribution >= 4 is 46.5 Å². The molecule has 0 aliphatic rings. The molecule has 1 heterocycles. The van der Waals surface area contributed by atoms with E-state index >= 15 is 0 Å². The minimum atomic E-state index is -0.242. The lowest BCUT2D eigenvalue weighted by atomic mass is 10.3. The highest BCUT2D eigenvalue weighted by atomic mass is 32.2. The summed E-state index contributed by atoms with van der Waals surface area (Å²) in [4.78, 5) is 12.2. The first-order valence-corrected chi connectivity index (χ1v) is 9.88. The van der Waals surface area contributed by atoms with Crippen molar-refractivity contribution in [2.24, 2.45) is 0 Å². The molecule has 0 radical (unpaired) electrons. The van der Waals surface area contributed by atoms with E-state index < -0.39 is 0 Å². The molecule has 1 aromatic heterocycles. The van der Waals surface area contributed by atoms with Crippen LogP contribution >= 0.6 is 34.9 Å². The van der Waals surface area contributed by atoms with E-state index in [9.17, 15) is 4.79 Å². The molecule has 0 bridgehead atoms. The van der Waals surface area contributed by atoms with Gasteiger partial charge in [-0.3, -0.25) is 4.79 Å². The molecular weight excluding hydrogens is 350 g/mol. The molecule has 0 saturated carbocycles. The van der Waals surface area contributed by atoms with Gasteiger partial charge in [-0.1, -0.05) is 41.8 Å². The first-order chi connectivity index (χ1) is 11.1. The zero-order valence-corrected chi connectivity index (χ0v) is 15.7. The number of anilines is 1. The van der Waals surface area contributed by atoms with E-state index in [2.05, 4.69) is 22.4 Å². The summed E-state index contributed by atoms with van der Waals surface area (Å²) < 4.78 is 6.87. The van der Waals surface area contributed by atoms with E-state index in [1.54, 1.807) is 18.9 Å². The first kappa shape index (κ1) is 18.1. The number of benzene rings is 1. The zero-order chi connectivity index (χ0) is 16.7. The summed E-state index contributed by atoms with van der Waals surface area (Å²) >= 11 is 4.67. The normalized spacial score (nSPS) is 12.0. The summed E-state index contributed by atoms with van der Waals surface area (Å²) in [6, 6.07) is 7.27. The van der Waals surface area contributed by atoms with Gasteiger partial charge in [-0.15, -0.1) is 10.2 Å². The number of nitrogens with zero attached hydrogens (tertiary/aromatic N) is 2. The third kappa shape index (κ3) is 5.71. The summed E-state index contributed by atoms with van der Waals surface area (Å²) in [5, 5.41) is 10.9. The zero-order valence-electron chi connectivity index (χ0n) is 13.2. The Balaban J connectivity index is 1.87. The molecule has 5 nitrogen and oxygen atoms in total. The van der Waals surface area contributed by atoms with Gasteiger partial charge in [0.25, 0.3) is 0 Å². The van der Waals surface area contributed by atoms with Gasteiger partial charge in [0.05, 0.1) is 12.4 Å². The number of aromatic nitrogens is 2. The van der Waals surface area contributed by atoms with Crippen molar-refractivity contribution in [3.8, 4) is 5.75 Å². The topological polar surface area (TPSA) is 64.1 Å². The van der Waals surface area contributed by atoms with Crippen LogP contribution in [-0.2, 0) is 4.79 Å². The molecule has 124 valence electrons. The molecule has 8 heteroatoms. The van der Waals surface area contributed by atoms with E-state index in [0.717, 1.165) is 32.3 Å². The lowest BCUT2D eigenvalue weighted by Crippen LogP contribution is -2.22. The number of ether oxygens (including phenoxy) is 1. The van der Waals surface area contributed by atoms with Gasteiger partial charge in [0.2, 0.25) is 5.91 Å². The van der Waals surface area contributed by atoms with Gasteiger partial charge >= 0.3 is 0 Å². The van der Waals surface area contributed by atoms with E-state index in [0.29, 0.717) is 0 Å². The van der Waals surface area contributed by atoms with Crippen LogP contribution in [0.15, 0.2) is 32.9 Å². The highest BCUT2D eigenvalue weighted by molar-refractivity contribution is 8.03. The smallest absolute Gasteiger partial charge is 0.237 e.